The van der Waals surface area contributed by atoms with Gasteiger partial charge in [0.25, 0.3) is 0 Å². The van der Waals surface area contributed by atoms with Gasteiger partial charge in [0.1, 0.15) is 5.78 Å². The van der Waals surface area contributed by atoms with Crippen molar-refractivity contribution in [3.63, 3.8) is 0 Å². The minimum absolute atomic E-state index is 0.110. The van der Waals surface area contributed by atoms with E-state index in [4.69, 9.17) is 18.9 Å². The first-order chi connectivity index (χ1) is 14.5. The zero-order chi connectivity index (χ0) is 21.0. The van der Waals surface area contributed by atoms with E-state index in [1.165, 1.54) is 0 Å². The molecule has 0 N–H and O–H groups in total. The lowest BCUT2D eigenvalue weighted by Gasteiger charge is -2.38. The van der Waals surface area contributed by atoms with Crippen LogP contribution in [0, 0.1) is 0 Å². The Hall–Kier alpha value is -3.41. The molecule has 2 aliphatic heterocycles. The van der Waals surface area contributed by atoms with Gasteiger partial charge in [0.2, 0.25) is 6.79 Å². The molecule has 1 unspecified atom stereocenters. The number of Topliss-reactive ketones (excluding diaryl/α,β-unsaturated/α-hetero) is 1. The van der Waals surface area contributed by atoms with E-state index in [9.17, 15) is 4.79 Å². The number of carbonyl (C=O) groups excluding carboxylic acids is 1. The summed E-state index contributed by atoms with van der Waals surface area (Å²) in [4.78, 5) is 14.3. The summed E-state index contributed by atoms with van der Waals surface area (Å²) in [7, 11) is 5.30. The molecular weight excluding hydrogens is 382 g/mol. The highest BCUT2D eigenvalue weighted by atomic mass is 16.7. The van der Waals surface area contributed by atoms with Crippen molar-refractivity contribution in [1.29, 1.82) is 0 Å². The second-order valence-electron chi connectivity index (χ2n) is 7.72. The Bertz CT molecular complexity index is 1190. The number of hydrogen-bond acceptors (Lipinski definition) is 6. The molecule has 6 heteroatoms. The minimum Gasteiger partial charge on any atom is -0.493 e. The highest BCUT2D eigenvalue weighted by molar-refractivity contribution is 6.05. The molecule has 2 aliphatic rings. The van der Waals surface area contributed by atoms with Crippen LogP contribution < -0.4 is 23.8 Å². The third kappa shape index (κ3) is 2.67. The van der Waals surface area contributed by atoms with Gasteiger partial charge in [-0.1, -0.05) is 12.1 Å². The van der Waals surface area contributed by atoms with Gasteiger partial charge in [0.15, 0.2) is 23.0 Å². The predicted octanol–water partition coefficient (Wildman–Crippen LogP) is 4.72. The molecule has 0 spiro atoms. The zero-order valence-electron chi connectivity index (χ0n) is 17.4. The van der Waals surface area contributed by atoms with E-state index < -0.39 is 0 Å². The smallest absolute Gasteiger partial charge is 0.231 e. The summed E-state index contributed by atoms with van der Waals surface area (Å²) in [6, 6.07) is 12.1. The number of ether oxygens (including phenoxy) is 4. The van der Waals surface area contributed by atoms with Crippen LogP contribution >= 0.6 is 0 Å². The average molecular weight is 405 g/mol. The van der Waals surface area contributed by atoms with E-state index in [-0.39, 0.29) is 18.6 Å². The van der Waals surface area contributed by atoms with Crippen LogP contribution in [0.5, 0.6) is 23.0 Å². The highest BCUT2D eigenvalue weighted by Gasteiger charge is 2.33. The van der Waals surface area contributed by atoms with Crippen molar-refractivity contribution in [3.05, 3.63) is 42.0 Å². The number of carbonyl (C=O) groups is 1. The van der Waals surface area contributed by atoms with Crippen molar-refractivity contribution in [2.75, 3.05) is 33.0 Å². The molecule has 1 atom stereocenters. The molecule has 3 aromatic rings. The molecule has 30 heavy (non-hydrogen) atoms. The number of methoxy groups -OCH3 is 2. The van der Waals surface area contributed by atoms with E-state index in [0.717, 1.165) is 44.6 Å². The Labute approximate surface area is 174 Å². The second-order valence-corrected chi connectivity index (χ2v) is 7.72. The van der Waals surface area contributed by atoms with E-state index >= 15 is 0 Å². The monoisotopic (exact) mass is 405 g/mol. The fourth-order valence-corrected chi connectivity index (χ4v) is 4.58. The van der Waals surface area contributed by atoms with Crippen LogP contribution in [-0.4, -0.2) is 33.8 Å². The van der Waals surface area contributed by atoms with Gasteiger partial charge in [-0.3, -0.25) is 4.79 Å². The number of ketones is 1. The SMILES string of the molecule is COc1cc2c(cc1OC)C(CC(C)=O)N(C)c1c-2ccc2cc3c(cc12)OCO3. The van der Waals surface area contributed by atoms with Crippen LogP contribution in [0.1, 0.15) is 24.9 Å². The molecule has 0 saturated carbocycles. The van der Waals surface area contributed by atoms with Crippen molar-refractivity contribution in [3.8, 4) is 34.1 Å². The number of fused-ring (bicyclic) bond motifs is 6. The van der Waals surface area contributed by atoms with Crippen LogP contribution in [0.25, 0.3) is 21.9 Å². The number of rotatable bonds is 4. The Morgan fingerprint density at radius 1 is 1.03 bits per heavy atom. The van der Waals surface area contributed by atoms with Crippen LogP contribution in [0.4, 0.5) is 5.69 Å². The molecule has 0 amide bonds. The molecule has 2 heterocycles. The fourth-order valence-electron chi connectivity index (χ4n) is 4.58. The van der Waals surface area contributed by atoms with Crippen molar-refractivity contribution in [1.82, 2.24) is 0 Å². The van der Waals surface area contributed by atoms with Gasteiger partial charge in [-0.15, -0.1) is 0 Å². The van der Waals surface area contributed by atoms with Gasteiger partial charge in [0.05, 0.1) is 25.9 Å². The summed E-state index contributed by atoms with van der Waals surface area (Å²) < 4.78 is 22.3. The highest BCUT2D eigenvalue weighted by Crippen LogP contribution is 2.52. The molecule has 5 rings (SSSR count). The molecular formula is C24H23NO5. The first kappa shape index (κ1) is 18.6. The molecule has 0 fully saturated rings. The predicted molar refractivity (Wildman–Crippen MR) is 115 cm³/mol. The zero-order valence-corrected chi connectivity index (χ0v) is 17.4. The maximum atomic E-state index is 12.2. The maximum absolute atomic E-state index is 12.2. The average Bonchev–Trinajstić information content (AvgIpc) is 3.20. The molecule has 0 aliphatic carbocycles. The van der Waals surface area contributed by atoms with Gasteiger partial charge >= 0.3 is 0 Å². The summed E-state index contributed by atoms with van der Waals surface area (Å²) in [5.74, 6) is 2.96. The van der Waals surface area contributed by atoms with Gasteiger partial charge < -0.3 is 23.8 Å². The lowest BCUT2D eigenvalue weighted by molar-refractivity contribution is -0.117. The third-order valence-corrected chi connectivity index (χ3v) is 5.99. The summed E-state index contributed by atoms with van der Waals surface area (Å²) in [6.45, 7) is 1.86. The molecule has 0 aromatic heterocycles. The number of hydrogen-bond donors (Lipinski definition) is 0. The Kier molecular flexibility index (Phi) is 4.24. The third-order valence-electron chi connectivity index (χ3n) is 5.99. The normalized spacial score (nSPS) is 16.3. The first-order valence-electron chi connectivity index (χ1n) is 9.86. The molecule has 0 saturated heterocycles. The largest absolute Gasteiger partial charge is 0.493 e. The summed E-state index contributed by atoms with van der Waals surface area (Å²) in [5, 5.41) is 2.13. The Morgan fingerprint density at radius 2 is 1.73 bits per heavy atom. The van der Waals surface area contributed by atoms with Crippen molar-refractivity contribution in [2.24, 2.45) is 0 Å². The van der Waals surface area contributed by atoms with Gasteiger partial charge in [-0.2, -0.15) is 0 Å². The van der Waals surface area contributed by atoms with Crippen LogP contribution in [0.15, 0.2) is 36.4 Å². The molecule has 0 radical (unpaired) electrons. The minimum atomic E-state index is -0.110. The second kappa shape index (κ2) is 6.83. The quantitative estimate of drug-likeness (QED) is 0.626. The molecule has 3 aromatic carbocycles. The van der Waals surface area contributed by atoms with Crippen molar-refractivity contribution in [2.45, 2.75) is 19.4 Å². The van der Waals surface area contributed by atoms with Crippen molar-refractivity contribution < 1.29 is 23.7 Å². The van der Waals surface area contributed by atoms with Gasteiger partial charge in [-0.05, 0) is 47.7 Å². The Morgan fingerprint density at radius 3 is 2.43 bits per heavy atom. The lowest BCUT2D eigenvalue weighted by Crippen LogP contribution is -2.30. The maximum Gasteiger partial charge on any atom is 0.231 e. The molecule has 6 nitrogen and oxygen atoms in total. The molecule has 0 bridgehead atoms. The van der Waals surface area contributed by atoms with Crippen molar-refractivity contribution >= 4 is 22.2 Å². The topological polar surface area (TPSA) is 57.2 Å². The standard InChI is InChI=1S/C24H23NO5/c1-13(26)7-19-18-11-21(28-4)20(27-3)10-17(18)15-6-5-14-8-22-23(30-12-29-22)9-16(14)24(15)25(19)2/h5-6,8-11,19H,7,12H2,1-4H3. The van der Waals surface area contributed by atoms with Crippen LogP contribution in [0.3, 0.4) is 0 Å². The van der Waals surface area contributed by atoms with Crippen LogP contribution in [0.2, 0.25) is 0 Å². The molecule has 154 valence electrons. The van der Waals surface area contributed by atoms with Gasteiger partial charge in [-0.25, -0.2) is 0 Å². The van der Waals surface area contributed by atoms with E-state index in [0.29, 0.717) is 17.9 Å². The summed E-state index contributed by atoms with van der Waals surface area (Å²) in [6.07, 6.45) is 0.402. The van der Waals surface area contributed by atoms with E-state index in [2.05, 4.69) is 17.0 Å². The van der Waals surface area contributed by atoms with Gasteiger partial charge in [0, 0.05) is 24.4 Å². The van der Waals surface area contributed by atoms with Crippen LogP contribution in [-0.2, 0) is 4.79 Å². The lowest BCUT2D eigenvalue weighted by atomic mass is 9.84. The summed E-state index contributed by atoms with van der Waals surface area (Å²) >= 11 is 0. The van der Waals surface area contributed by atoms with E-state index in [1.54, 1.807) is 21.1 Å². The number of nitrogens with zero attached hydrogens (tertiary/aromatic N) is 1. The number of anilines is 1. The first-order valence-corrected chi connectivity index (χ1v) is 9.86. The Balaban J connectivity index is 1.82. The fraction of sp³-hybridized carbons (Fsp3) is 0.292. The summed E-state index contributed by atoms with van der Waals surface area (Å²) in [5.41, 5.74) is 4.25. The number of benzene rings is 3. The van der Waals surface area contributed by atoms with E-state index in [1.807, 2.05) is 31.3 Å².